The fourth-order valence-electron chi connectivity index (χ4n) is 1.15. The number of nitrogens with two attached hydrogens (primary N) is 1. The number of nitrogens with one attached hydrogen (secondary N) is 1. The van der Waals surface area contributed by atoms with Crippen molar-refractivity contribution in [3.63, 3.8) is 0 Å². The first-order valence-electron chi connectivity index (χ1n) is 4.47. The number of aromatic nitrogens is 2. The summed E-state index contributed by atoms with van der Waals surface area (Å²) < 4.78 is 13.4. The maximum Gasteiger partial charge on any atom is 0.153 e. The highest BCUT2D eigenvalue weighted by Crippen LogP contribution is 2.27. The second-order valence-corrected chi connectivity index (χ2v) is 3.47. The molecule has 0 spiro atoms. The van der Waals surface area contributed by atoms with Crippen molar-refractivity contribution in [1.82, 2.24) is 10.2 Å². The maximum atomic E-state index is 13.4. The lowest BCUT2D eigenvalue weighted by atomic mass is 10.3. The largest absolute Gasteiger partial charge is 0.382 e. The van der Waals surface area contributed by atoms with Crippen molar-refractivity contribution in [3.05, 3.63) is 41.2 Å². The minimum Gasteiger partial charge on any atom is -0.382 e. The predicted molar refractivity (Wildman–Crippen MR) is 61.1 cm³/mol. The zero-order valence-electron chi connectivity index (χ0n) is 8.11. The molecular formula is C10H8ClFN4. The van der Waals surface area contributed by atoms with Crippen LogP contribution in [0.5, 0.6) is 0 Å². The molecule has 16 heavy (non-hydrogen) atoms. The standard InChI is InChI=1S/C10H8ClFN4/c11-6-2-1-3-7(12)10(6)14-9-5-4-8(13)15-16-9/h1-5H,(H2,13,15)(H,14,16). The van der Waals surface area contributed by atoms with Gasteiger partial charge < -0.3 is 11.1 Å². The van der Waals surface area contributed by atoms with Gasteiger partial charge in [-0.3, -0.25) is 0 Å². The molecule has 2 rings (SSSR count). The highest BCUT2D eigenvalue weighted by atomic mass is 35.5. The molecule has 82 valence electrons. The number of para-hydroxylation sites is 1. The summed E-state index contributed by atoms with van der Waals surface area (Å²) in [5.74, 6) is 0.220. The molecule has 0 aliphatic heterocycles. The second-order valence-electron chi connectivity index (χ2n) is 3.07. The first-order chi connectivity index (χ1) is 7.66. The zero-order valence-corrected chi connectivity index (χ0v) is 8.87. The van der Waals surface area contributed by atoms with E-state index in [1.165, 1.54) is 12.1 Å². The van der Waals surface area contributed by atoms with Gasteiger partial charge in [0.25, 0.3) is 0 Å². The molecule has 6 heteroatoms. The third kappa shape index (κ3) is 2.20. The first-order valence-corrected chi connectivity index (χ1v) is 4.85. The van der Waals surface area contributed by atoms with E-state index in [2.05, 4.69) is 15.5 Å². The van der Waals surface area contributed by atoms with E-state index in [0.29, 0.717) is 11.6 Å². The van der Waals surface area contributed by atoms with Crippen LogP contribution in [0.1, 0.15) is 0 Å². The summed E-state index contributed by atoms with van der Waals surface area (Å²) in [6.45, 7) is 0. The SMILES string of the molecule is Nc1ccc(Nc2c(F)cccc2Cl)nn1. The molecule has 0 unspecified atom stereocenters. The number of benzene rings is 1. The number of hydrogen-bond acceptors (Lipinski definition) is 4. The van der Waals surface area contributed by atoms with Crippen LogP contribution in [0.2, 0.25) is 5.02 Å². The van der Waals surface area contributed by atoms with Crippen LogP contribution >= 0.6 is 11.6 Å². The maximum absolute atomic E-state index is 13.4. The Kier molecular flexibility index (Phi) is 2.87. The molecule has 0 saturated heterocycles. The lowest BCUT2D eigenvalue weighted by Gasteiger charge is -2.07. The fraction of sp³-hybridized carbons (Fsp3) is 0. The topological polar surface area (TPSA) is 63.8 Å². The average Bonchev–Trinajstić information content (AvgIpc) is 2.26. The van der Waals surface area contributed by atoms with Crippen LogP contribution in [0.4, 0.5) is 21.7 Å². The van der Waals surface area contributed by atoms with Crippen LogP contribution in [-0.4, -0.2) is 10.2 Å². The molecule has 0 radical (unpaired) electrons. The molecule has 0 aliphatic carbocycles. The molecular weight excluding hydrogens is 231 g/mol. The third-order valence-electron chi connectivity index (χ3n) is 1.90. The highest BCUT2D eigenvalue weighted by Gasteiger charge is 2.07. The van der Waals surface area contributed by atoms with Gasteiger partial charge in [0.05, 0.1) is 10.7 Å². The molecule has 0 fully saturated rings. The summed E-state index contributed by atoms with van der Waals surface area (Å²) in [4.78, 5) is 0. The molecule has 1 heterocycles. The van der Waals surface area contributed by atoms with E-state index in [1.54, 1.807) is 18.2 Å². The molecule has 0 saturated carbocycles. The number of rotatable bonds is 2. The van der Waals surface area contributed by atoms with Crippen molar-refractivity contribution in [2.24, 2.45) is 0 Å². The van der Waals surface area contributed by atoms with Crippen LogP contribution in [0, 0.1) is 5.82 Å². The van der Waals surface area contributed by atoms with Crippen LogP contribution in [0.25, 0.3) is 0 Å². The summed E-state index contributed by atoms with van der Waals surface area (Å²) >= 11 is 5.84. The smallest absolute Gasteiger partial charge is 0.153 e. The van der Waals surface area contributed by atoms with Crippen molar-refractivity contribution in [2.75, 3.05) is 11.1 Å². The second kappa shape index (κ2) is 4.32. The van der Waals surface area contributed by atoms with E-state index in [-0.39, 0.29) is 10.7 Å². The van der Waals surface area contributed by atoms with Crippen LogP contribution in [0.3, 0.4) is 0 Å². The number of nitrogens with zero attached hydrogens (tertiary/aromatic N) is 2. The Morgan fingerprint density at radius 1 is 1.19 bits per heavy atom. The summed E-state index contributed by atoms with van der Waals surface area (Å²) in [6.07, 6.45) is 0. The fourth-order valence-corrected chi connectivity index (χ4v) is 1.36. The van der Waals surface area contributed by atoms with Crippen LogP contribution in [-0.2, 0) is 0 Å². The Hall–Kier alpha value is -1.88. The molecule has 1 aromatic heterocycles. The van der Waals surface area contributed by atoms with Crippen molar-refractivity contribution in [3.8, 4) is 0 Å². The number of halogens is 2. The van der Waals surface area contributed by atoms with Crippen molar-refractivity contribution >= 4 is 28.9 Å². The van der Waals surface area contributed by atoms with Gasteiger partial charge in [-0.05, 0) is 24.3 Å². The normalized spacial score (nSPS) is 10.1. The lowest BCUT2D eigenvalue weighted by Crippen LogP contribution is -2.00. The van der Waals surface area contributed by atoms with E-state index in [1.807, 2.05) is 0 Å². The monoisotopic (exact) mass is 238 g/mol. The van der Waals surface area contributed by atoms with E-state index in [9.17, 15) is 4.39 Å². The summed E-state index contributed by atoms with van der Waals surface area (Å²) in [5.41, 5.74) is 5.55. The van der Waals surface area contributed by atoms with Gasteiger partial charge in [0.1, 0.15) is 11.6 Å². The Labute approximate surface area is 96.3 Å². The van der Waals surface area contributed by atoms with Gasteiger partial charge in [0, 0.05) is 0 Å². The molecule has 0 aliphatic rings. The zero-order chi connectivity index (χ0) is 11.5. The van der Waals surface area contributed by atoms with Gasteiger partial charge in [-0.1, -0.05) is 17.7 Å². The summed E-state index contributed by atoms with van der Waals surface area (Å²) in [6, 6.07) is 7.56. The summed E-state index contributed by atoms with van der Waals surface area (Å²) in [7, 11) is 0. The molecule has 0 amide bonds. The Morgan fingerprint density at radius 2 is 2.00 bits per heavy atom. The Bertz CT molecular complexity index is 480. The van der Waals surface area contributed by atoms with Crippen molar-refractivity contribution in [1.29, 1.82) is 0 Å². The first kappa shape index (κ1) is 10.6. The van der Waals surface area contributed by atoms with Crippen molar-refractivity contribution in [2.45, 2.75) is 0 Å². The number of hydrogen-bond donors (Lipinski definition) is 2. The lowest BCUT2D eigenvalue weighted by molar-refractivity contribution is 0.632. The van der Waals surface area contributed by atoms with Gasteiger partial charge in [0.15, 0.2) is 5.82 Å². The van der Waals surface area contributed by atoms with E-state index >= 15 is 0 Å². The Balaban J connectivity index is 2.30. The Morgan fingerprint density at radius 3 is 2.62 bits per heavy atom. The minimum absolute atomic E-state index is 0.170. The van der Waals surface area contributed by atoms with Gasteiger partial charge in [-0.2, -0.15) is 0 Å². The van der Waals surface area contributed by atoms with E-state index in [0.717, 1.165) is 0 Å². The molecule has 1 aromatic carbocycles. The van der Waals surface area contributed by atoms with Crippen LogP contribution in [0.15, 0.2) is 30.3 Å². The van der Waals surface area contributed by atoms with E-state index < -0.39 is 5.82 Å². The minimum atomic E-state index is -0.453. The highest BCUT2D eigenvalue weighted by molar-refractivity contribution is 6.33. The van der Waals surface area contributed by atoms with E-state index in [4.69, 9.17) is 17.3 Å². The van der Waals surface area contributed by atoms with Gasteiger partial charge in [-0.25, -0.2) is 4.39 Å². The molecule has 4 nitrogen and oxygen atoms in total. The van der Waals surface area contributed by atoms with Gasteiger partial charge >= 0.3 is 0 Å². The number of nitrogen functional groups attached to an aromatic ring is 1. The molecule has 3 N–H and O–H groups in total. The molecule has 2 aromatic rings. The van der Waals surface area contributed by atoms with Crippen molar-refractivity contribution < 1.29 is 4.39 Å². The van der Waals surface area contributed by atoms with Crippen LogP contribution < -0.4 is 11.1 Å². The predicted octanol–water partition coefficient (Wildman–Crippen LogP) is 2.59. The van der Waals surface area contributed by atoms with Gasteiger partial charge in [0.2, 0.25) is 0 Å². The third-order valence-corrected chi connectivity index (χ3v) is 2.22. The molecule has 0 bridgehead atoms. The number of anilines is 3. The summed E-state index contributed by atoms with van der Waals surface area (Å²) in [5, 5.41) is 10.4. The average molecular weight is 239 g/mol. The molecule has 0 atom stereocenters. The quantitative estimate of drug-likeness (QED) is 0.844. The van der Waals surface area contributed by atoms with Gasteiger partial charge in [-0.15, -0.1) is 10.2 Å².